The molecule has 6 heteroatoms. The van der Waals surface area contributed by atoms with Crippen molar-refractivity contribution >= 4 is 30.3 Å². The number of aromatic nitrogens is 1. The molecule has 0 N–H and O–H groups in total. The van der Waals surface area contributed by atoms with Gasteiger partial charge < -0.3 is 0 Å². The molecule has 2 rings (SSSR count). The number of nitrogens with zero attached hydrogens (tertiary/aromatic N) is 1. The third kappa shape index (κ3) is 6.02. The first-order valence-electron chi connectivity index (χ1n) is 8.40. The molecule has 132 valence electrons. The van der Waals surface area contributed by atoms with Crippen molar-refractivity contribution in [2.24, 2.45) is 0 Å². The monoisotopic (exact) mass is 455 g/mol. The van der Waals surface area contributed by atoms with Crippen LogP contribution in [0.15, 0.2) is 34.9 Å². The summed E-state index contributed by atoms with van der Waals surface area (Å²) in [5.74, 6) is 0.892. The summed E-state index contributed by atoms with van der Waals surface area (Å²) >= 11 is -2.38. The summed E-state index contributed by atoms with van der Waals surface area (Å²) in [6.45, 7) is 8.19. The van der Waals surface area contributed by atoms with E-state index in [2.05, 4.69) is 51.7 Å². The van der Waals surface area contributed by atoms with Gasteiger partial charge in [0.25, 0.3) is 0 Å². The molecule has 0 aliphatic carbocycles. The minimum atomic E-state index is -2.38. The second-order valence-electron chi connectivity index (χ2n) is 8.06. The summed E-state index contributed by atoms with van der Waals surface area (Å²) < 4.78 is 18.9. The Morgan fingerprint density at radius 3 is 2.25 bits per heavy atom. The fraction of sp³-hybridized carbons (Fsp3) is 0.500. The number of benzene rings is 1. The number of hydrogen-bond acceptors (Lipinski definition) is 4. The van der Waals surface area contributed by atoms with Gasteiger partial charge in [-0.3, -0.25) is 0 Å². The van der Waals surface area contributed by atoms with E-state index in [1.807, 2.05) is 18.2 Å². The number of rotatable bonds is 8. The van der Waals surface area contributed by atoms with Crippen molar-refractivity contribution in [2.75, 3.05) is 0 Å². The maximum absolute atomic E-state index is 6.05. The molecule has 2 aromatic rings. The molecule has 0 atom stereocenters. The zero-order chi connectivity index (χ0) is 17.8. The van der Waals surface area contributed by atoms with Gasteiger partial charge in [0, 0.05) is 0 Å². The van der Waals surface area contributed by atoms with Crippen molar-refractivity contribution in [3.05, 3.63) is 47.3 Å². The second-order valence-corrected chi connectivity index (χ2v) is 26.8. The van der Waals surface area contributed by atoms with Crippen molar-refractivity contribution in [2.45, 2.75) is 54.3 Å². The average molecular weight is 454 g/mol. The SMILES string of the molecule is C[Si](C)(C)OCc1noc(COCc2ccccc2)[c]1[Sn]([CH3])([CH3])[CH3]. The molecular formula is C18H29NO3SiSn. The zero-order valence-electron chi connectivity index (χ0n) is 15.7. The Morgan fingerprint density at radius 1 is 1.00 bits per heavy atom. The Hall–Kier alpha value is -0.634. The van der Waals surface area contributed by atoms with Gasteiger partial charge in [-0.1, -0.05) is 0 Å². The molecule has 0 radical (unpaired) electrons. The van der Waals surface area contributed by atoms with E-state index in [0.717, 1.165) is 11.5 Å². The molecule has 4 nitrogen and oxygen atoms in total. The zero-order valence-corrected chi connectivity index (χ0v) is 19.5. The Morgan fingerprint density at radius 2 is 1.67 bits per heavy atom. The molecule has 1 aromatic carbocycles. The summed E-state index contributed by atoms with van der Waals surface area (Å²) in [5.41, 5.74) is 2.15. The standard InChI is InChI=1S/C15H20NO3Si.3CH3.Sn/c1-20(2,3)18-11-14-9-15(19-16-14)12-17-10-13-7-5-4-6-8-13;;;;/h4-8H,10-12H2,1-3H3;3*1H3;. The first-order chi connectivity index (χ1) is 11.2. The minimum absolute atomic E-state index is 0.471. The van der Waals surface area contributed by atoms with Crippen LogP contribution in [0.3, 0.4) is 0 Å². The van der Waals surface area contributed by atoms with E-state index in [-0.39, 0.29) is 0 Å². The topological polar surface area (TPSA) is 44.5 Å². The van der Waals surface area contributed by atoms with Crippen molar-refractivity contribution in [3.8, 4) is 0 Å². The normalized spacial score (nSPS) is 12.6. The van der Waals surface area contributed by atoms with Gasteiger partial charge in [-0.05, 0) is 0 Å². The van der Waals surface area contributed by atoms with E-state index in [1.165, 1.54) is 9.14 Å². The molecule has 0 bridgehead atoms. The van der Waals surface area contributed by atoms with Crippen LogP contribution in [0.1, 0.15) is 17.0 Å². The molecule has 0 saturated carbocycles. The first kappa shape index (κ1) is 19.7. The quantitative estimate of drug-likeness (QED) is 0.559. The fourth-order valence-electron chi connectivity index (χ4n) is 2.53. The van der Waals surface area contributed by atoms with Crippen LogP contribution in [-0.2, 0) is 29.0 Å². The van der Waals surface area contributed by atoms with E-state index in [0.29, 0.717) is 19.8 Å². The third-order valence-corrected chi connectivity index (χ3v) is 10.5. The van der Waals surface area contributed by atoms with E-state index in [9.17, 15) is 0 Å². The van der Waals surface area contributed by atoms with Gasteiger partial charge in [-0.15, -0.1) is 0 Å². The fourth-order valence-corrected chi connectivity index (χ4v) is 8.63. The summed E-state index contributed by atoms with van der Waals surface area (Å²) in [7, 11) is -1.57. The van der Waals surface area contributed by atoms with Crippen LogP contribution >= 0.6 is 0 Å². The Labute approximate surface area is 150 Å². The molecular weight excluding hydrogens is 425 g/mol. The third-order valence-electron chi connectivity index (χ3n) is 3.57. The van der Waals surface area contributed by atoms with Crippen molar-refractivity contribution < 1.29 is 13.7 Å². The molecule has 0 fully saturated rings. The van der Waals surface area contributed by atoms with Crippen molar-refractivity contribution in [1.82, 2.24) is 5.16 Å². The van der Waals surface area contributed by atoms with Gasteiger partial charge in [-0.2, -0.15) is 0 Å². The molecule has 0 unspecified atom stereocenters. The van der Waals surface area contributed by atoms with Gasteiger partial charge in [0.1, 0.15) is 0 Å². The van der Waals surface area contributed by atoms with Crippen LogP contribution in [-0.4, -0.2) is 31.9 Å². The Kier molecular flexibility index (Phi) is 6.70. The van der Waals surface area contributed by atoms with Crippen molar-refractivity contribution in [3.63, 3.8) is 0 Å². The molecule has 0 saturated heterocycles. The van der Waals surface area contributed by atoms with Gasteiger partial charge in [-0.25, -0.2) is 0 Å². The molecule has 0 aliphatic rings. The van der Waals surface area contributed by atoms with Gasteiger partial charge >= 0.3 is 151 Å². The van der Waals surface area contributed by atoms with Crippen LogP contribution in [0.5, 0.6) is 0 Å². The summed E-state index contributed by atoms with van der Waals surface area (Å²) in [4.78, 5) is 7.12. The Balaban J connectivity index is 2.07. The van der Waals surface area contributed by atoms with Gasteiger partial charge in [0.2, 0.25) is 0 Å². The van der Waals surface area contributed by atoms with E-state index in [4.69, 9.17) is 13.7 Å². The van der Waals surface area contributed by atoms with Crippen LogP contribution < -0.4 is 3.58 Å². The Bertz CT molecular complexity index is 645. The number of ether oxygens (including phenoxy) is 1. The molecule has 0 aliphatic heterocycles. The van der Waals surface area contributed by atoms with Crippen LogP contribution in [0.25, 0.3) is 0 Å². The van der Waals surface area contributed by atoms with E-state index in [1.54, 1.807) is 0 Å². The first-order valence-corrected chi connectivity index (χ1v) is 21.8. The summed E-state index contributed by atoms with van der Waals surface area (Å²) in [6, 6.07) is 10.2. The average Bonchev–Trinajstić information content (AvgIpc) is 2.89. The van der Waals surface area contributed by atoms with Crippen LogP contribution in [0.4, 0.5) is 0 Å². The molecule has 24 heavy (non-hydrogen) atoms. The molecule has 1 heterocycles. The predicted octanol–water partition coefficient (Wildman–Crippen LogP) is 4.29. The van der Waals surface area contributed by atoms with Crippen LogP contribution in [0.2, 0.25) is 34.5 Å². The van der Waals surface area contributed by atoms with E-state index >= 15 is 0 Å². The predicted molar refractivity (Wildman–Crippen MR) is 103 cm³/mol. The second kappa shape index (κ2) is 8.16. The van der Waals surface area contributed by atoms with Crippen molar-refractivity contribution in [1.29, 1.82) is 0 Å². The van der Waals surface area contributed by atoms with Crippen LogP contribution in [0, 0.1) is 0 Å². The molecule has 1 aromatic heterocycles. The van der Waals surface area contributed by atoms with Gasteiger partial charge in [0.15, 0.2) is 0 Å². The van der Waals surface area contributed by atoms with E-state index < -0.39 is 26.7 Å². The number of hydrogen-bond donors (Lipinski definition) is 0. The summed E-state index contributed by atoms with van der Waals surface area (Å²) in [6.07, 6.45) is 0. The summed E-state index contributed by atoms with van der Waals surface area (Å²) in [5, 5.41) is 4.31. The van der Waals surface area contributed by atoms with Gasteiger partial charge in [0.05, 0.1) is 0 Å². The maximum atomic E-state index is 6.05. The molecule has 0 spiro atoms. The molecule has 0 amide bonds.